The predicted octanol–water partition coefficient (Wildman–Crippen LogP) is 19.9. The van der Waals surface area contributed by atoms with Gasteiger partial charge in [-0.05, 0) is 64.2 Å². The lowest BCUT2D eigenvalue weighted by Gasteiger charge is -2.40. The standard InChI is InChI=1S/C75H137NO8/c1-3-5-7-9-11-13-15-17-19-21-23-25-27-29-31-32-33-34-35-36-37-38-39-41-43-45-47-49-51-53-55-57-59-61-63-65-71(79)76-68(67-83-75-74(82)73(81)72(80)70(66-77)84-75)69(78)64-62-60-58-56-54-52-50-48-46-44-42-40-30-28-26-24-22-20-18-16-14-12-10-8-6-4-2/h5,7,11,13,17,19,23,25,29,31,33-34,68-70,72-75,77-78,80-82H,3-4,6,8-10,12,14-16,18,20-22,24,26-28,30,32,35-67H2,1-2H3,(H,76,79)/b7-5-,13-11-,19-17-,25-23-,31-29-,34-33-. The summed E-state index contributed by atoms with van der Waals surface area (Å²) in [5.41, 5.74) is 0. The number of ether oxygens (including phenoxy) is 2. The number of carbonyl (C=O) groups excluding carboxylic acids is 1. The van der Waals surface area contributed by atoms with Gasteiger partial charge in [-0.15, -0.1) is 0 Å². The topological polar surface area (TPSA) is 149 Å². The van der Waals surface area contributed by atoms with E-state index in [-0.39, 0.29) is 12.5 Å². The van der Waals surface area contributed by atoms with Crippen LogP contribution >= 0.6 is 0 Å². The van der Waals surface area contributed by atoms with Crippen LogP contribution in [0.2, 0.25) is 0 Å². The average Bonchev–Trinajstić information content (AvgIpc) is 3.70. The van der Waals surface area contributed by atoms with Gasteiger partial charge in [0.25, 0.3) is 0 Å². The summed E-state index contributed by atoms with van der Waals surface area (Å²) in [5, 5.41) is 55.0. The lowest BCUT2D eigenvalue weighted by Crippen LogP contribution is -2.60. The molecule has 0 bridgehead atoms. The summed E-state index contributed by atoms with van der Waals surface area (Å²) in [5.74, 6) is -0.140. The molecule has 6 N–H and O–H groups in total. The maximum Gasteiger partial charge on any atom is 0.220 e. The molecule has 0 spiro atoms. The number of carbonyl (C=O) groups is 1. The number of amides is 1. The molecule has 1 aliphatic heterocycles. The number of allylic oxidation sites excluding steroid dienone is 12. The third kappa shape index (κ3) is 51.7. The third-order valence-corrected chi connectivity index (χ3v) is 17.1. The number of aliphatic hydroxyl groups is 5. The van der Waals surface area contributed by atoms with E-state index in [1.54, 1.807) is 0 Å². The Morgan fingerprint density at radius 3 is 1.10 bits per heavy atom. The van der Waals surface area contributed by atoms with Gasteiger partial charge in [-0.25, -0.2) is 0 Å². The van der Waals surface area contributed by atoms with Gasteiger partial charge in [0.1, 0.15) is 24.4 Å². The van der Waals surface area contributed by atoms with Crippen LogP contribution in [0.1, 0.15) is 341 Å². The minimum atomic E-state index is -1.56. The molecule has 7 unspecified atom stereocenters. The molecule has 1 saturated heterocycles. The summed E-state index contributed by atoms with van der Waals surface area (Å²) in [6, 6.07) is -0.723. The first kappa shape index (κ1) is 79.6. The van der Waals surface area contributed by atoms with Gasteiger partial charge < -0.3 is 40.3 Å². The molecule has 0 radical (unpaired) electrons. The lowest BCUT2D eigenvalue weighted by molar-refractivity contribution is -0.302. The van der Waals surface area contributed by atoms with Gasteiger partial charge in [-0.3, -0.25) is 4.79 Å². The Hall–Kier alpha value is -2.37. The van der Waals surface area contributed by atoms with Crippen molar-refractivity contribution in [1.29, 1.82) is 0 Å². The average molecular weight is 1180 g/mol. The van der Waals surface area contributed by atoms with E-state index in [1.165, 1.54) is 238 Å². The number of unbranched alkanes of at least 4 members (excludes halogenated alkanes) is 41. The van der Waals surface area contributed by atoms with Crippen LogP contribution in [0.5, 0.6) is 0 Å². The Morgan fingerprint density at radius 1 is 0.417 bits per heavy atom. The summed E-state index contributed by atoms with van der Waals surface area (Å²) in [6.07, 6.45) is 82.6. The minimum absolute atomic E-state index is 0.137. The zero-order valence-electron chi connectivity index (χ0n) is 54.9. The number of hydrogen-bond acceptors (Lipinski definition) is 8. The lowest BCUT2D eigenvalue weighted by atomic mass is 9.99. The Morgan fingerprint density at radius 2 is 0.738 bits per heavy atom. The van der Waals surface area contributed by atoms with Crippen LogP contribution in [-0.2, 0) is 14.3 Å². The van der Waals surface area contributed by atoms with Gasteiger partial charge in [0.05, 0.1) is 25.4 Å². The Kier molecular flexibility index (Phi) is 60.3. The van der Waals surface area contributed by atoms with Gasteiger partial charge in [-0.1, -0.05) is 344 Å². The van der Waals surface area contributed by atoms with Gasteiger partial charge in [0.2, 0.25) is 5.91 Å². The highest BCUT2D eigenvalue weighted by Crippen LogP contribution is 2.24. The van der Waals surface area contributed by atoms with Gasteiger partial charge in [-0.2, -0.15) is 0 Å². The summed E-state index contributed by atoms with van der Waals surface area (Å²) in [4.78, 5) is 13.2. The van der Waals surface area contributed by atoms with Crippen LogP contribution in [0.3, 0.4) is 0 Å². The normalized spacial score (nSPS) is 18.6. The van der Waals surface area contributed by atoms with Crippen LogP contribution in [0.4, 0.5) is 0 Å². The number of aliphatic hydroxyl groups excluding tert-OH is 5. The molecule has 1 aliphatic rings. The van der Waals surface area contributed by atoms with Crippen molar-refractivity contribution in [2.75, 3.05) is 13.2 Å². The Bertz CT molecular complexity index is 1560. The molecule has 84 heavy (non-hydrogen) atoms. The molecule has 9 nitrogen and oxygen atoms in total. The fourth-order valence-electron chi connectivity index (χ4n) is 11.5. The first-order valence-electron chi connectivity index (χ1n) is 36.1. The maximum absolute atomic E-state index is 13.2. The van der Waals surface area contributed by atoms with Crippen LogP contribution in [0.15, 0.2) is 72.9 Å². The van der Waals surface area contributed by atoms with Gasteiger partial charge >= 0.3 is 0 Å². The number of nitrogens with one attached hydrogen (secondary N) is 1. The highest BCUT2D eigenvalue weighted by Gasteiger charge is 2.44. The summed E-state index contributed by atoms with van der Waals surface area (Å²) < 4.78 is 11.4. The van der Waals surface area contributed by atoms with Crippen molar-refractivity contribution in [3.8, 4) is 0 Å². The molecule has 7 atom stereocenters. The molecule has 1 amide bonds. The molecule has 9 heteroatoms. The smallest absolute Gasteiger partial charge is 0.220 e. The minimum Gasteiger partial charge on any atom is -0.394 e. The molecule has 1 heterocycles. The van der Waals surface area contributed by atoms with E-state index in [1.807, 2.05) is 0 Å². The van der Waals surface area contributed by atoms with Gasteiger partial charge in [0, 0.05) is 6.42 Å². The molecule has 0 aromatic heterocycles. The zero-order valence-corrected chi connectivity index (χ0v) is 54.9. The molecule has 1 fully saturated rings. The number of hydrogen-bond donors (Lipinski definition) is 6. The van der Waals surface area contributed by atoms with Gasteiger partial charge in [0.15, 0.2) is 6.29 Å². The highest BCUT2D eigenvalue weighted by molar-refractivity contribution is 5.76. The first-order valence-corrected chi connectivity index (χ1v) is 36.1. The molecular weight excluding hydrogens is 1040 g/mol. The maximum atomic E-state index is 13.2. The van der Waals surface area contributed by atoms with E-state index in [9.17, 15) is 30.3 Å². The quantitative estimate of drug-likeness (QED) is 0.0261. The fourth-order valence-corrected chi connectivity index (χ4v) is 11.5. The second kappa shape index (κ2) is 63.6. The summed E-state index contributed by atoms with van der Waals surface area (Å²) >= 11 is 0. The molecule has 0 aliphatic carbocycles. The Labute approximate surface area is 519 Å². The van der Waals surface area contributed by atoms with Crippen LogP contribution in [0, 0.1) is 0 Å². The van der Waals surface area contributed by atoms with E-state index < -0.39 is 49.5 Å². The molecule has 0 aromatic rings. The van der Waals surface area contributed by atoms with Crippen molar-refractivity contribution in [1.82, 2.24) is 5.32 Å². The molecule has 0 aromatic carbocycles. The largest absolute Gasteiger partial charge is 0.394 e. The van der Waals surface area contributed by atoms with Crippen LogP contribution < -0.4 is 5.32 Å². The van der Waals surface area contributed by atoms with E-state index >= 15 is 0 Å². The van der Waals surface area contributed by atoms with E-state index in [2.05, 4.69) is 92.1 Å². The summed E-state index contributed by atoms with van der Waals surface area (Å²) in [6.45, 7) is 3.77. The molecule has 1 rings (SSSR count). The SMILES string of the molecule is CC/C=C\C/C=C\C/C=C\C/C=C\C/C=C\C/C=C\CCCCCCCCCCCCCCCCCCC(=O)NC(COC1OC(CO)C(O)C(O)C1O)C(O)CCCCCCCCCCCCCCCCCCCCCCCCCCCC. The van der Waals surface area contributed by atoms with E-state index in [0.717, 1.165) is 77.0 Å². The van der Waals surface area contributed by atoms with Crippen LogP contribution in [0.25, 0.3) is 0 Å². The van der Waals surface area contributed by atoms with Crippen molar-refractivity contribution >= 4 is 5.91 Å². The number of rotatable bonds is 63. The third-order valence-electron chi connectivity index (χ3n) is 17.1. The Balaban J connectivity index is 2.10. The second-order valence-electron chi connectivity index (χ2n) is 25.0. The van der Waals surface area contributed by atoms with Crippen molar-refractivity contribution in [2.24, 2.45) is 0 Å². The molecule has 0 saturated carbocycles. The summed E-state index contributed by atoms with van der Waals surface area (Å²) in [7, 11) is 0. The fraction of sp³-hybridized carbons (Fsp3) is 0.827. The van der Waals surface area contributed by atoms with Crippen molar-refractivity contribution in [2.45, 2.75) is 384 Å². The zero-order chi connectivity index (χ0) is 60.7. The molecule has 490 valence electrons. The second-order valence-corrected chi connectivity index (χ2v) is 25.0. The monoisotopic (exact) mass is 1180 g/mol. The molecular formula is C75H137NO8. The van der Waals surface area contributed by atoms with Crippen molar-refractivity contribution in [3.05, 3.63) is 72.9 Å². The predicted molar refractivity (Wildman–Crippen MR) is 359 cm³/mol. The highest BCUT2D eigenvalue weighted by atomic mass is 16.7. The van der Waals surface area contributed by atoms with Crippen LogP contribution in [-0.4, -0.2) is 87.5 Å². The van der Waals surface area contributed by atoms with Crippen molar-refractivity contribution in [3.63, 3.8) is 0 Å². The first-order chi connectivity index (χ1) is 41.3. The van der Waals surface area contributed by atoms with Crippen molar-refractivity contribution < 1.29 is 39.8 Å². The van der Waals surface area contributed by atoms with E-state index in [4.69, 9.17) is 9.47 Å². The van der Waals surface area contributed by atoms with E-state index in [0.29, 0.717) is 12.8 Å².